The summed E-state index contributed by atoms with van der Waals surface area (Å²) in [7, 11) is 0. The van der Waals surface area contributed by atoms with Gasteiger partial charge in [0.1, 0.15) is 5.78 Å². The van der Waals surface area contributed by atoms with Gasteiger partial charge in [0.25, 0.3) is 5.92 Å². The van der Waals surface area contributed by atoms with E-state index in [9.17, 15) is 13.6 Å². The molecule has 0 radical (unpaired) electrons. The van der Waals surface area contributed by atoms with Crippen LogP contribution in [0.5, 0.6) is 0 Å². The Morgan fingerprint density at radius 3 is 2.33 bits per heavy atom. The molecule has 0 fully saturated rings. The maximum atomic E-state index is 12.5. The van der Waals surface area contributed by atoms with Crippen molar-refractivity contribution < 1.29 is 13.6 Å². The summed E-state index contributed by atoms with van der Waals surface area (Å²) in [6, 6.07) is 0. The highest BCUT2D eigenvalue weighted by Gasteiger charge is 2.27. The van der Waals surface area contributed by atoms with E-state index in [1.54, 1.807) is 13.8 Å². The lowest BCUT2D eigenvalue weighted by Crippen LogP contribution is -2.28. The molecule has 12 heavy (non-hydrogen) atoms. The lowest BCUT2D eigenvalue weighted by Gasteiger charge is -2.13. The Bertz CT molecular complexity index is 157. The van der Waals surface area contributed by atoms with Gasteiger partial charge in [-0.25, -0.2) is 8.78 Å². The molecular weight excluding hydrogens is 164 g/mol. The molecule has 0 rings (SSSR count). The quantitative estimate of drug-likeness (QED) is 0.696. The molecule has 0 aromatic rings. The zero-order chi connectivity index (χ0) is 9.78. The summed E-state index contributed by atoms with van der Waals surface area (Å²) in [5, 5.41) is 0. The van der Waals surface area contributed by atoms with Gasteiger partial charge in [-0.05, 0) is 0 Å². The first-order chi connectivity index (χ1) is 5.39. The first kappa shape index (κ1) is 11.5. The number of Topliss-reactive ketones (excluding diaryl/α,β-unsaturated/α-hetero) is 1. The molecule has 0 spiro atoms. The Morgan fingerprint density at radius 2 is 2.00 bits per heavy atom. The van der Waals surface area contributed by atoms with Gasteiger partial charge in [0.15, 0.2) is 0 Å². The molecule has 4 heteroatoms. The number of carbonyl (C=O) groups is 1. The van der Waals surface area contributed by atoms with E-state index < -0.39 is 18.9 Å². The van der Waals surface area contributed by atoms with Crippen molar-refractivity contribution in [3.63, 3.8) is 0 Å². The fraction of sp³-hybridized carbons (Fsp3) is 0.875. The second-order valence-electron chi connectivity index (χ2n) is 3.18. The SMILES string of the molecule is CC(C)C(=O)CCC(F)(F)CN. The van der Waals surface area contributed by atoms with Gasteiger partial charge in [-0.1, -0.05) is 13.8 Å². The van der Waals surface area contributed by atoms with Crippen molar-refractivity contribution in [1.29, 1.82) is 0 Å². The zero-order valence-corrected chi connectivity index (χ0v) is 7.44. The van der Waals surface area contributed by atoms with Crippen molar-refractivity contribution in [1.82, 2.24) is 0 Å². The summed E-state index contributed by atoms with van der Waals surface area (Å²) in [5.41, 5.74) is 4.81. The third kappa shape index (κ3) is 4.38. The summed E-state index contributed by atoms with van der Waals surface area (Å²) in [6.45, 7) is 2.71. The molecule has 0 aliphatic heterocycles. The average molecular weight is 179 g/mol. The van der Waals surface area contributed by atoms with E-state index in [0.717, 1.165) is 0 Å². The number of carbonyl (C=O) groups excluding carboxylic acids is 1. The van der Waals surface area contributed by atoms with Crippen LogP contribution in [-0.2, 0) is 4.79 Å². The Morgan fingerprint density at radius 1 is 1.50 bits per heavy atom. The Hall–Kier alpha value is -0.510. The van der Waals surface area contributed by atoms with Crippen LogP contribution in [0.15, 0.2) is 0 Å². The van der Waals surface area contributed by atoms with E-state index >= 15 is 0 Å². The van der Waals surface area contributed by atoms with Crippen molar-refractivity contribution in [2.45, 2.75) is 32.6 Å². The zero-order valence-electron chi connectivity index (χ0n) is 7.44. The molecule has 0 amide bonds. The molecule has 0 aliphatic rings. The first-order valence-electron chi connectivity index (χ1n) is 3.99. The molecule has 0 aliphatic carbocycles. The third-order valence-corrected chi connectivity index (χ3v) is 1.68. The Kier molecular flexibility index (Phi) is 4.31. The molecular formula is C8H15F2NO. The predicted octanol–water partition coefficient (Wildman–Crippen LogP) is 1.59. The van der Waals surface area contributed by atoms with Crippen LogP contribution in [0.4, 0.5) is 8.78 Å². The van der Waals surface area contributed by atoms with Crippen LogP contribution in [0, 0.1) is 5.92 Å². The number of hydrogen-bond acceptors (Lipinski definition) is 2. The minimum atomic E-state index is -2.88. The normalized spacial score (nSPS) is 12.2. The highest BCUT2D eigenvalue weighted by Crippen LogP contribution is 2.19. The third-order valence-electron chi connectivity index (χ3n) is 1.68. The average Bonchev–Trinajstić information content (AvgIpc) is 2.00. The Labute approximate surface area is 71.1 Å². The summed E-state index contributed by atoms with van der Waals surface area (Å²) >= 11 is 0. The van der Waals surface area contributed by atoms with E-state index in [4.69, 9.17) is 5.73 Å². The van der Waals surface area contributed by atoms with Gasteiger partial charge in [0.2, 0.25) is 0 Å². The maximum Gasteiger partial charge on any atom is 0.260 e. The number of rotatable bonds is 5. The highest BCUT2D eigenvalue weighted by molar-refractivity contribution is 5.80. The van der Waals surface area contributed by atoms with Crippen molar-refractivity contribution in [2.75, 3.05) is 6.54 Å². The maximum absolute atomic E-state index is 12.5. The minimum Gasteiger partial charge on any atom is -0.325 e. The molecule has 0 unspecified atom stereocenters. The fourth-order valence-corrected chi connectivity index (χ4v) is 0.697. The summed E-state index contributed by atoms with van der Waals surface area (Å²) in [4.78, 5) is 10.9. The van der Waals surface area contributed by atoms with Gasteiger partial charge >= 0.3 is 0 Å². The fourth-order valence-electron chi connectivity index (χ4n) is 0.697. The summed E-state index contributed by atoms with van der Waals surface area (Å²) in [5.74, 6) is -3.19. The highest BCUT2D eigenvalue weighted by atomic mass is 19.3. The van der Waals surface area contributed by atoms with Crippen LogP contribution in [0.3, 0.4) is 0 Å². The smallest absolute Gasteiger partial charge is 0.260 e. The van der Waals surface area contributed by atoms with Crippen LogP contribution in [0.25, 0.3) is 0 Å². The van der Waals surface area contributed by atoms with Crippen LogP contribution >= 0.6 is 0 Å². The van der Waals surface area contributed by atoms with E-state index in [-0.39, 0.29) is 18.1 Å². The van der Waals surface area contributed by atoms with Crippen molar-refractivity contribution >= 4 is 5.78 Å². The van der Waals surface area contributed by atoms with E-state index in [1.165, 1.54) is 0 Å². The van der Waals surface area contributed by atoms with Gasteiger partial charge in [-0.2, -0.15) is 0 Å². The number of ketones is 1. The monoisotopic (exact) mass is 179 g/mol. The van der Waals surface area contributed by atoms with Gasteiger partial charge in [-0.3, -0.25) is 4.79 Å². The molecule has 0 aromatic heterocycles. The van der Waals surface area contributed by atoms with Crippen molar-refractivity contribution in [3.05, 3.63) is 0 Å². The standard InChI is InChI=1S/C8H15F2NO/c1-6(2)7(12)3-4-8(9,10)5-11/h6H,3-5,11H2,1-2H3. The predicted molar refractivity (Wildman–Crippen MR) is 43.1 cm³/mol. The molecule has 0 aromatic carbocycles. The van der Waals surface area contributed by atoms with Crippen LogP contribution in [0.1, 0.15) is 26.7 Å². The van der Waals surface area contributed by atoms with E-state index in [2.05, 4.69) is 0 Å². The van der Waals surface area contributed by atoms with Crippen molar-refractivity contribution in [3.8, 4) is 0 Å². The molecule has 2 N–H and O–H groups in total. The molecule has 0 bridgehead atoms. The van der Waals surface area contributed by atoms with E-state index in [1.807, 2.05) is 0 Å². The number of alkyl halides is 2. The van der Waals surface area contributed by atoms with Gasteiger partial charge in [-0.15, -0.1) is 0 Å². The number of hydrogen-bond donors (Lipinski definition) is 1. The Balaban J connectivity index is 3.76. The van der Waals surface area contributed by atoms with Crippen molar-refractivity contribution in [2.24, 2.45) is 11.7 Å². The lowest BCUT2D eigenvalue weighted by atomic mass is 10.0. The van der Waals surface area contributed by atoms with E-state index in [0.29, 0.717) is 0 Å². The topological polar surface area (TPSA) is 43.1 Å². The number of nitrogens with two attached hydrogens (primary N) is 1. The second kappa shape index (κ2) is 4.50. The van der Waals surface area contributed by atoms with Crippen LogP contribution in [-0.4, -0.2) is 18.3 Å². The second-order valence-corrected chi connectivity index (χ2v) is 3.18. The molecule has 72 valence electrons. The molecule has 0 heterocycles. The van der Waals surface area contributed by atoms with Crippen LogP contribution in [0.2, 0.25) is 0 Å². The van der Waals surface area contributed by atoms with Crippen LogP contribution < -0.4 is 5.73 Å². The number of halogens is 2. The molecule has 0 saturated heterocycles. The van der Waals surface area contributed by atoms with Gasteiger partial charge in [0, 0.05) is 18.8 Å². The summed E-state index contributed by atoms with van der Waals surface area (Å²) < 4.78 is 25.0. The first-order valence-corrected chi connectivity index (χ1v) is 3.99. The van der Waals surface area contributed by atoms with Gasteiger partial charge in [0.05, 0.1) is 6.54 Å². The van der Waals surface area contributed by atoms with Gasteiger partial charge < -0.3 is 5.73 Å². The largest absolute Gasteiger partial charge is 0.325 e. The lowest BCUT2D eigenvalue weighted by molar-refractivity contribution is -0.123. The molecule has 0 saturated carbocycles. The molecule has 0 atom stereocenters. The molecule has 2 nitrogen and oxygen atoms in total. The summed E-state index contributed by atoms with van der Waals surface area (Å²) in [6.07, 6.45) is -0.512. The minimum absolute atomic E-state index is 0.0815.